The topological polar surface area (TPSA) is 133 Å². The minimum absolute atomic E-state index is 0.353. The number of aliphatic carboxylic acids is 1. The number of hydrogen-bond acceptors (Lipinski definition) is 5. The summed E-state index contributed by atoms with van der Waals surface area (Å²) >= 11 is 3.36. The quantitative estimate of drug-likeness (QED) is 0.211. The Hall–Kier alpha value is -4.15. The molecule has 1 atom stereocenters. The van der Waals surface area contributed by atoms with E-state index in [4.69, 9.17) is 9.84 Å². The van der Waals surface area contributed by atoms with Gasteiger partial charge in [-0.05, 0) is 86.5 Å². The van der Waals surface area contributed by atoms with E-state index < -0.39 is 12.1 Å². The molecule has 1 aliphatic rings. The van der Waals surface area contributed by atoms with Gasteiger partial charge in [0.2, 0.25) is 0 Å². The lowest BCUT2D eigenvalue weighted by molar-refractivity contribution is -0.135. The van der Waals surface area contributed by atoms with E-state index in [1.165, 1.54) is 16.6 Å². The third kappa shape index (κ3) is 7.68. The molecule has 1 unspecified atom stereocenters. The summed E-state index contributed by atoms with van der Waals surface area (Å²) in [4.78, 5) is 37.0. The van der Waals surface area contributed by atoms with E-state index >= 15 is 0 Å². The van der Waals surface area contributed by atoms with Gasteiger partial charge in [0, 0.05) is 38.4 Å². The van der Waals surface area contributed by atoms with E-state index in [1.54, 1.807) is 42.5 Å². The van der Waals surface area contributed by atoms with Gasteiger partial charge in [-0.15, -0.1) is 0 Å². The molecule has 202 valence electrons. The molecule has 3 aromatic carbocycles. The first-order valence-corrected chi connectivity index (χ1v) is 13.2. The van der Waals surface area contributed by atoms with Gasteiger partial charge in [0.1, 0.15) is 12.3 Å². The van der Waals surface area contributed by atoms with Gasteiger partial charge in [-0.1, -0.05) is 34.1 Å². The first-order chi connectivity index (χ1) is 18.8. The van der Waals surface area contributed by atoms with Gasteiger partial charge in [-0.25, -0.2) is 4.79 Å². The highest BCUT2D eigenvalue weighted by molar-refractivity contribution is 9.10. The number of aryl methyl sites for hydroxylation is 1. The van der Waals surface area contributed by atoms with Crippen molar-refractivity contribution in [2.45, 2.75) is 25.3 Å². The zero-order valence-electron chi connectivity index (χ0n) is 21.3. The van der Waals surface area contributed by atoms with Crippen LogP contribution in [0.2, 0.25) is 0 Å². The van der Waals surface area contributed by atoms with E-state index in [2.05, 4.69) is 36.9 Å². The Labute approximate surface area is 234 Å². The molecule has 2 amide bonds. The normalized spacial score (nSPS) is 13.9. The Balaban J connectivity index is 0.000000229. The number of halogens is 1. The number of H-pyrrole nitrogens is 1. The first-order valence-electron chi connectivity index (χ1n) is 12.4. The number of anilines is 1. The third-order valence-electron chi connectivity index (χ3n) is 6.30. The van der Waals surface area contributed by atoms with E-state index in [-0.39, 0.29) is 12.5 Å². The summed E-state index contributed by atoms with van der Waals surface area (Å²) in [7, 11) is 2.01. The van der Waals surface area contributed by atoms with Gasteiger partial charge in [-0.2, -0.15) is 0 Å². The molecule has 9 nitrogen and oxygen atoms in total. The number of amides is 2. The van der Waals surface area contributed by atoms with Crippen molar-refractivity contribution < 1.29 is 24.2 Å². The molecular formula is C29H29BrN4O5. The number of carbonyl (C=O) groups is 3. The number of nitrogens with one attached hydrogen (secondary N) is 4. The lowest BCUT2D eigenvalue weighted by atomic mass is 9.91. The Kier molecular flexibility index (Phi) is 9.35. The second-order valence-electron chi connectivity index (χ2n) is 8.98. The summed E-state index contributed by atoms with van der Waals surface area (Å²) in [6.07, 6.45) is 2.69. The number of carboxylic acid groups (broad SMARTS) is 1. The molecule has 10 heteroatoms. The van der Waals surface area contributed by atoms with Gasteiger partial charge in [0.05, 0.1) is 0 Å². The summed E-state index contributed by atoms with van der Waals surface area (Å²) < 4.78 is 6.26. The van der Waals surface area contributed by atoms with E-state index in [0.29, 0.717) is 17.4 Å². The molecule has 0 saturated carbocycles. The van der Waals surface area contributed by atoms with Crippen molar-refractivity contribution in [3.63, 3.8) is 0 Å². The molecule has 1 aromatic heterocycles. The Morgan fingerprint density at radius 1 is 1.05 bits per heavy atom. The van der Waals surface area contributed by atoms with E-state index in [0.717, 1.165) is 34.9 Å². The summed E-state index contributed by atoms with van der Waals surface area (Å²) in [5, 5.41) is 17.9. The van der Waals surface area contributed by atoms with Crippen LogP contribution >= 0.6 is 15.9 Å². The van der Waals surface area contributed by atoms with Gasteiger partial charge in [0.25, 0.3) is 5.91 Å². The van der Waals surface area contributed by atoms with Crippen molar-refractivity contribution >= 4 is 50.5 Å². The van der Waals surface area contributed by atoms with Crippen molar-refractivity contribution in [3.05, 3.63) is 94.1 Å². The maximum Gasteiger partial charge on any atom is 0.417 e. The molecule has 0 aliphatic heterocycles. The molecule has 1 heterocycles. The fourth-order valence-electron chi connectivity index (χ4n) is 4.34. The highest BCUT2D eigenvalue weighted by Crippen LogP contribution is 2.31. The SMILES string of the molecule is CNC1CCc2[nH]c3ccc(NC(=O)Oc4ccc(Br)cc4)cc3c2C1.O=C(O)CNC(=O)c1ccccc1. The molecule has 4 aromatic rings. The number of fused-ring (bicyclic) bond motifs is 3. The van der Waals surface area contributed by atoms with Crippen molar-refractivity contribution in [1.82, 2.24) is 15.6 Å². The number of ether oxygens (including phenoxy) is 1. The van der Waals surface area contributed by atoms with Crippen molar-refractivity contribution in [1.29, 1.82) is 0 Å². The largest absolute Gasteiger partial charge is 0.480 e. The van der Waals surface area contributed by atoms with E-state index in [9.17, 15) is 14.4 Å². The smallest absolute Gasteiger partial charge is 0.417 e. The predicted molar refractivity (Wildman–Crippen MR) is 153 cm³/mol. The number of aromatic nitrogens is 1. The molecule has 0 saturated heterocycles. The summed E-state index contributed by atoms with van der Waals surface area (Å²) in [6, 6.07) is 22.0. The van der Waals surface area contributed by atoms with E-state index in [1.807, 2.05) is 37.4 Å². The Bertz CT molecular complexity index is 1450. The van der Waals surface area contributed by atoms with Crippen molar-refractivity contribution in [2.24, 2.45) is 0 Å². The number of rotatable bonds is 6. The number of carbonyl (C=O) groups excluding carboxylic acids is 2. The third-order valence-corrected chi connectivity index (χ3v) is 6.83. The lowest BCUT2D eigenvalue weighted by Gasteiger charge is -2.21. The number of aromatic amines is 1. The standard InChI is InChI=1S/C20H20BrN3O2.C9H9NO3/c1-22-13-4-8-18-16(10-13)17-11-14(5-9-19(17)24-18)23-20(25)26-15-6-2-12(21)3-7-15;11-8(12)6-10-9(13)7-4-2-1-3-5-7/h2-3,5-7,9,11,13,22,24H,4,8,10H2,1H3,(H,23,25);1-5H,6H2,(H,10,13)(H,11,12). The Morgan fingerprint density at radius 2 is 1.79 bits per heavy atom. The number of carboxylic acids is 1. The maximum absolute atomic E-state index is 12.2. The van der Waals surface area contributed by atoms with Gasteiger partial charge in [-0.3, -0.25) is 14.9 Å². The molecule has 0 bridgehead atoms. The fraction of sp³-hybridized carbons (Fsp3) is 0.207. The van der Waals surface area contributed by atoms with Crippen LogP contribution in [0.3, 0.4) is 0 Å². The molecule has 0 spiro atoms. The number of likely N-dealkylation sites (N-methyl/N-ethyl adjacent to an activating group) is 1. The Morgan fingerprint density at radius 3 is 2.49 bits per heavy atom. The van der Waals surface area contributed by atoms with Crippen molar-refractivity contribution in [2.75, 3.05) is 18.9 Å². The first kappa shape index (κ1) is 27.9. The second-order valence-corrected chi connectivity index (χ2v) is 9.90. The molecule has 5 N–H and O–H groups in total. The highest BCUT2D eigenvalue weighted by atomic mass is 79.9. The van der Waals surface area contributed by atoms with Gasteiger partial charge in [0.15, 0.2) is 0 Å². The van der Waals surface area contributed by atoms with Crippen LogP contribution in [-0.4, -0.2) is 47.7 Å². The van der Waals surface area contributed by atoms with Gasteiger partial charge < -0.3 is 25.5 Å². The minimum atomic E-state index is -1.05. The number of hydrogen-bond donors (Lipinski definition) is 5. The molecule has 0 radical (unpaired) electrons. The van der Waals surface area contributed by atoms with Crippen molar-refractivity contribution in [3.8, 4) is 5.75 Å². The monoisotopic (exact) mass is 592 g/mol. The molecule has 0 fully saturated rings. The lowest BCUT2D eigenvalue weighted by Crippen LogP contribution is -2.31. The second kappa shape index (κ2) is 13.1. The average Bonchev–Trinajstić information content (AvgIpc) is 3.31. The van der Waals surface area contributed by atoms with Crippen LogP contribution in [0.5, 0.6) is 5.75 Å². The summed E-state index contributed by atoms with van der Waals surface area (Å²) in [5.41, 5.74) is 4.95. The summed E-state index contributed by atoms with van der Waals surface area (Å²) in [5.74, 6) is -0.921. The fourth-order valence-corrected chi connectivity index (χ4v) is 4.61. The maximum atomic E-state index is 12.2. The van der Waals surface area contributed by atoms with Crippen LogP contribution in [0.4, 0.5) is 10.5 Å². The van der Waals surface area contributed by atoms with Crippen LogP contribution in [0.15, 0.2) is 77.3 Å². The van der Waals surface area contributed by atoms with Crippen LogP contribution in [0, 0.1) is 0 Å². The minimum Gasteiger partial charge on any atom is -0.480 e. The number of benzene rings is 3. The molecular weight excluding hydrogens is 564 g/mol. The predicted octanol–water partition coefficient (Wildman–Crippen LogP) is 5.12. The molecule has 5 rings (SSSR count). The van der Waals surface area contributed by atoms with Crippen LogP contribution in [0.25, 0.3) is 10.9 Å². The highest BCUT2D eigenvalue weighted by Gasteiger charge is 2.21. The molecule has 39 heavy (non-hydrogen) atoms. The van der Waals surface area contributed by atoms with Crippen LogP contribution in [0.1, 0.15) is 28.0 Å². The van der Waals surface area contributed by atoms with Crippen LogP contribution in [-0.2, 0) is 17.6 Å². The zero-order valence-corrected chi connectivity index (χ0v) is 22.9. The average molecular weight is 593 g/mol. The van der Waals surface area contributed by atoms with Gasteiger partial charge >= 0.3 is 12.1 Å². The summed E-state index contributed by atoms with van der Waals surface area (Å²) in [6.45, 7) is -0.353. The van der Waals surface area contributed by atoms with Crippen LogP contribution < -0.4 is 20.7 Å². The zero-order chi connectivity index (χ0) is 27.8. The molecule has 1 aliphatic carbocycles.